The Morgan fingerprint density at radius 3 is 2.39 bits per heavy atom. The van der Waals surface area contributed by atoms with Crippen LogP contribution in [-0.2, 0) is 14.3 Å². The van der Waals surface area contributed by atoms with E-state index in [2.05, 4.69) is 18.3 Å². The van der Waals surface area contributed by atoms with Gasteiger partial charge in [-0.1, -0.05) is 51.1 Å². The quantitative estimate of drug-likeness (QED) is 0.136. The standard InChI is InChI=1S/C34H39ClN4O7/c1-5-6-7-8-20(2)15-28(32(41)38-25-13-10-22(11-14-25)34(44)46-21(3)31(37)33(42)43)39-19-29(45-4)27(17-30(39)40)26-16-24(35)12-9-23(26)18-36/h9-14,16-17,19-21,28,31H,5-8,15,37H2,1-4H3,(H,38,41)(H,42,43)/t20-,21?,28?,31-/m0/s1. The van der Waals surface area contributed by atoms with Gasteiger partial charge in [-0.05, 0) is 61.7 Å². The van der Waals surface area contributed by atoms with E-state index in [-0.39, 0.29) is 17.2 Å². The number of aromatic nitrogens is 1. The molecule has 46 heavy (non-hydrogen) atoms. The van der Waals surface area contributed by atoms with Crippen LogP contribution in [-0.4, -0.2) is 46.8 Å². The molecule has 0 aliphatic rings. The van der Waals surface area contributed by atoms with Gasteiger partial charge in [0, 0.05) is 27.9 Å². The van der Waals surface area contributed by atoms with Gasteiger partial charge in [0.25, 0.3) is 5.56 Å². The zero-order chi connectivity index (χ0) is 34.0. The minimum atomic E-state index is -1.38. The van der Waals surface area contributed by atoms with Crippen LogP contribution in [0.2, 0.25) is 5.02 Å². The number of anilines is 1. The number of pyridine rings is 1. The van der Waals surface area contributed by atoms with Gasteiger partial charge in [0.1, 0.15) is 23.9 Å². The Morgan fingerprint density at radius 1 is 1.09 bits per heavy atom. The molecule has 1 amide bonds. The highest BCUT2D eigenvalue weighted by atomic mass is 35.5. The Labute approximate surface area is 272 Å². The van der Waals surface area contributed by atoms with Crippen LogP contribution < -0.4 is 21.3 Å². The maximum absolute atomic E-state index is 13.8. The van der Waals surface area contributed by atoms with E-state index in [4.69, 9.17) is 31.9 Å². The van der Waals surface area contributed by atoms with Crippen molar-refractivity contribution in [1.82, 2.24) is 4.57 Å². The predicted octanol–water partition coefficient (Wildman–Crippen LogP) is 5.79. The third-order valence-electron chi connectivity index (χ3n) is 7.69. The lowest BCUT2D eigenvalue weighted by Gasteiger charge is -2.24. The Balaban J connectivity index is 1.93. The lowest BCUT2D eigenvalue weighted by molar-refractivity contribution is -0.141. The van der Waals surface area contributed by atoms with Crippen molar-refractivity contribution in [3.8, 4) is 22.9 Å². The second-order valence-corrected chi connectivity index (χ2v) is 11.6. The number of hydrogen-bond donors (Lipinski definition) is 3. The maximum atomic E-state index is 13.8. The number of aliphatic carboxylic acids is 1. The van der Waals surface area contributed by atoms with Gasteiger partial charge in [0.2, 0.25) is 5.91 Å². The molecule has 0 aliphatic heterocycles. The smallest absolute Gasteiger partial charge is 0.338 e. The molecule has 4 N–H and O–H groups in total. The zero-order valence-electron chi connectivity index (χ0n) is 26.3. The molecule has 0 radical (unpaired) electrons. The molecule has 1 heterocycles. The molecular weight excluding hydrogens is 612 g/mol. The van der Waals surface area contributed by atoms with Crippen LogP contribution >= 0.6 is 11.6 Å². The molecule has 2 unspecified atom stereocenters. The summed E-state index contributed by atoms with van der Waals surface area (Å²) in [6.07, 6.45) is 4.75. The first-order valence-corrected chi connectivity index (χ1v) is 15.4. The Morgan fingerprint density at radius 2 is 1.78 bits per heavy atom. The van der Waals surface area contributed by atoms with Gasteiger partial charge in [-0.15, -0.1) is 0 Å². The van der Waals surface area contributed by atoms with Gasteiger partial charge >= 0.3 is 11.9 Å². The highest BCUT2D eigenvalue weighted by Crippen LogP contribution is 2.34. The average Bonchev–Trinajstić information content (AvgIpc) is 3.03. The molecule has 0 aliphatic carbocycles. The van der Waals surface area contributed by atoms with E-state index in [1.807, 2.05) is 6.92 Å². The molecule has 0 saturated carbocycles. The number of carbonyl (C=O) groups is 3. The number of ether oxygens (including phenoxy) is 2. The van der Waals surface area contributed by atoms with Gasteiger partial charge in [0.15, 0.2) is 0 Å². The molecule has 12 heteroatoms. The normalized spacial score (nSPS) is 13.5. The molecule has 0 fully saturated rings. The van der Waals surface area contributed by atoms with Crippen molar-refractivity contribution < 1.29 is 29.0 Å². The molecular formula is C34H39ClN4O7. The van der Waals surface area contributed by atoms with Crippen LogP contribution in [0.1, 0.15) is 74.8 Å². The summed E-state index contributed by atoms with van der Waals surface area (Å²) in [6.45, 7) is 5.54. The third kappa shape index (κ3) is 9.19. The molecule has 3 rings (SSSR count). The average molecular weight is 651 g/mol. The molecule has 3 aromatic rings. The molecule has 0 bridgehead atoms. The fraction of sp³-hybridized carbons (Fsp3) is 0.382. The van der Waals surface area contributed by atoms with Crippen LogP contribution in [0.15, 0.2) is 59.5 Å². The summed E-state index contributed by atoms with van der Waals surface area (Å²) in [5, 5.41) is 21.9. The number of carbonyl (C=O) groups excluding carboxylic acids is 2. The van der Waals surface area contributed by atoms with E-state index in [0.717, 1.165) is 25.7 Å². The van der Waals surface area contributed by atoms with Crippen molar-refractivity contribution in [3.05, 3.63) is 81.2 Å². The fourth-order valence-corrected chi connectivity index (χ4v) is 5.17. The summed E-state index contributed by atoms with van der Waals surface area (Å²) in [5.74, 6) is -2.12. The molecule has 244 valence electrons. The molecule has 2 aromatic carbocycles. The number of nitrogens with zero attached hydrogens (tertiary/aromatic N) is 2. The van der Waals surface area contributed by atoms with E-state index >= 15 is 0 Å². The number of rotatable bonds is 15. The van der Waals surface area contributed by atoms with Gasteiger partial charge < -0.3 is 25.6 Å². The summed E-state index contributed by atoms with van der Waals surface area (Å²) in [6, 6.07) is 11.8. The number of unbranched alkanes of at least 4 members (excludes halogenated alkanes) is 2. The van der Waals surface area contributed by atoms with Crippen LogP contribution in [0.25, 0.3) is 11.1 Å². The van der Waals surface area contributed by atoms with Crippen molar-refractivity contribution in [2.24, 2.45) is 11.7 Å². The van der Waals surface area contributed by atoms with Gasteiger partial charge in [0.05, 0.1) is 30.5 Å². The number of nitrogens with two attached hydrogens (primary N) is 1. The lowest BCUT2D eigenvalue weighted by atomic mass is 9.94. The predicted molar refractivity (Wildman–Crippen MR) is 175 cm³/mol. The number of halogens is 1. The summed E-state index contributed by atoms with van der Waals surface area (Å²) >= 11 is 6.20. The molecule has 1 aromatic heterocycles. The lowest BCUT2D eigenvalue weighted by Crippen LogP contribution is -2.42. The molecule has 0 saturated heterocycles. The van der Waals surface area contributed by atoms with E-state index in [9.17, 15) is 24.4 Å². The number of benzene rings is 2. The molecule has 4 atom stereocenters. The highest BCUT2D eigenvalue weighted by Gasteiger charge is 2.27. The topological polar surface area (TPSA) is 174 Å². The Bertz CT molecular complexity index is 1650. The number of esters is 1. The summed E-state index contributed by atoms with van der Waals surface area (Å²) < 4.78 is 12.1. The van der Waals surface area contributed by atoms with E-state index in [0.29, 0.717) is 33.8 Å². The van der Waals surface area contributed by atoms with Gasteiger partial charge in [-0.3, -0.25) is 19.0 Å². The van der Waals surface area contributed by atoms with Crippen LogP contribution in [0, 0.1) is 17.2 Å². The van der Waals surface area contributed by atoms with E-state index in [1.165, 1.54) is 55.1 Å². The first-order chi connectivity index (χ1) is 21.9. The van der Waals surface area contributed by atoms with Crippen molar-refractivity contribution >= 4 is 35.1 Å². The van der Waals surface area contributed by atoms with E-state index < -0.39 is 41.6 Å². The first kappa shape index (κ1) is 35.8. The minimum absolute atomic E-state index is 0.106. The molecule has 0 spiro atoms. The number of hydrogen-bond acceptors (Lipinski definition) is 8. The molecule has 11 nitrogen and oxygen atoms in total. The monoisotopic (exact) mass is 650 g/mol. The SMILES string of the molecule is CCCCC[C@H](C)CC(C(=O)Nc1ccc(C(=O)OC(C)[C@H](N)C(=O)O)cc1)n1cc(OC)c(-c2cc(Cl)ccc2C#N)cc1=O. The van der Waals surface area contributed by atoms with Gasteiger partial charge in [-0.2, -0.15) is 5.26 Å². The minimum Gasteiger partial charge on any atom is -0.495 e. The fourth-order valence-electron chi connectivity index (χ4n) is 5.00. The second-order valence-electron chi connectivity index (χ2n) is 11.2. The number of carboxylic acids is 1. The Kier molecular flexibility index (Phi) is 12.9. The number of amides is 1. The van der Waals surface area contributed by atoms with Crippen LogP contribution in [0.5, 0.6) is 5.75 Å². The third-order valence-corrected chi connectivity index (χ3v) is 7.93. The van der Waals surface area contributed by atoms with Crippen molar-refractivity contribution in [2.75, 3.05) is 12.4 Å². The summed E-state index contributed by atoms with van der Waals surface area (Å²) in [4.78, 5) is 51.0. The van der Waals surface area contributed by atoms with Crippen molar-refractivity contribution in [1.29, 1.82) is 5.26 Å². The van der Waals surface area contributed by atoms with Crippen LogP contribution in [0.3, 0.4) is 0 Å². The number of nitriles is 1. The Hall–Kier alpha value is -4.66. The summed E-state index contributed by atoms with van der Waals surface area (Å²) in [7, 11) is 1.44. The van der Waals surface area contributed by atoms with Gasteiger partial charge in [-0.25, -0.2) is 4.79 Å². The summed E-state index contributed by atoms with van der Waals surface area (Å²) in [5.41, 5.74) is 6.68. The number of carboxylic acid groups (broad SMARTS) is 1. The zero-order valence-corrected chi connectivity index (χ0v) is 27.0. The number of nitrogens with one attached hydrogen (secondary N) is 1. The maximum Gasteiger partial charge on any atom is 0.338 e. The highest BCUT2D eigenvalue weighted by molar-refractivity contribution is 6.31. The second kappa shape index (κ2) is 16.6. The first-order valence-electron chi connectivity index (χ1n) is 15.0. The van der Waals surface area contributed by atoms with Crippen molar-refractivity contribution in [2.45, 2.75) is 71.1 Å². The largest absolute Gasteiger partial charge is 0.495 e. The van der Waals surface area contributed by atoms with E-state index in [1.54, 1.807) is 18.2 Å². The number of methoxy groups -OCH3 is 1. The van der Waals surface area contributed by atoms with Crippen molar-refractivity contribution in [3.63, 3.8) is 0 Å². The van der Waals surface area contributed by atoms with Crippen LogP contribution in [0.4, 0.5) is 5.69 Å².